The molecule has 0 saturated carbocycles. The molecule has 2 atom stereocenters. The summed E-state index contributed by atoms with van der Waals surface area (Å²) in [6, 6.07) is 1.65. The molecule has 3 rings (SSSR count). The molecule has 2 bridgehead atoms. The van der Waals surface area contributed by atoms with Crippen molar-refractivity contribution in [1.29, 1.82) is 0 Å². The Hall–Kier alpha value is -0.940. The van der Waals surface area contributed by atoms with Crippen LogP contribution in [0.3, 0.4) is 0 Å². The quantitative estimate of drug-likeness (QED) is 0.850. The summed E-state index contributed by atoms with van der Waals surface area (Å²) in [5, 5.41) is 4.04. The smallest absolute Gasteiger partial charge is 0.226 e. The van der Waals surface area contributed by atoms with E-state index in [-0.39, 0.29) is 0 Å². The van der Waals surface area contributed by atoms with E-state index in [2.05, 4.69) is 15.0 Å². The standard InChI is InChI=1S/C12H20N4O/c1-2-12-14-11(15-17-12)7-16-9-3-4-10(16)6-8(13)5-9/h8-10H,2-7,13H2,1H3. The lowest BCUT2D eigenvalue weighted by atomic mass is 9.98. The number of nitrogens with zero attached hydrogens (tertiary/aromatic N) is 3. The first-order valence-electron chi connectivity index (χ1n) is 6.59. The largest absolute Gasteiger partial charge is 0.339 e. The molecule has 0 amide bonds. The van der Waals surface area contributed by atoms with Crippen LogP contribution in [0.2, 0.25) is 0 Å². The molecule has 2 fully saturated rings. The van der Waals surface area contributed by atoms with Crippen molar-refractivity contribution in [3.05, 3.63) is 11.7 Å². The number of rotatable bonds is 3. The van der Waals surface area contributed by atoms with Crippen LogP contribution in [0.4, 0.5) is 0 Å². The van der Waals surface area contributed by atoms with Crippen LogP contribution in [0.25, 0.3) is 0 Å². The van der Waals surface area contributed by atoms with Gasteiger partial charge >= 0.3 is 0 Å². The molecular formula is C12H20N4O. The number of aryl methyl sites for hydroxylation is 1. The normalized spacial score (nSPS) is 33.2. The average Bonchev–Trinajstić information content (AvgIpc) is 2.85. The number of fused-ring (bicyclic) bond motifs is 2. The van der Waals surface area contributed by atoms with Crippen LogP contribution in [0.5, 0.6) is 0 Å². The first kappa shape index (κ1) is 11.2. The molecule has 2 unspecified atom stereocenters. The Labute approximate surface area is 101 Å². The Morgan fingerprint density at radius 2 is 2.06 bits per heavy atom. The maximum Gasteiger partial charge on any atom is 0.226 e. The van der Waals surface area contributed by atoms with Gasteiger partial charge in [-0.2, -0.15) is 4.98 Å². The summed E-state index contributed by atoms with van der Waals surface area (Å²) in [4.78, 5) is 6.91. The van der Waals surface area contributed by atoms with Gasteiger partial charge in [0.2, 0.25) is 5.89 Å². The minimum atomic E-state index is 0.389. The number of nitrogens with two attached hydrogens (primary N) is 1. The van der Waals surface area contributed by atoms with E-state index in [1.807, 2.05) is 6.92 Å². The fraction of sp³-hybridized carbons (Fsp3) is 0.833. The van der Waals surface area contributed by atoms with E-state index in [0.29, 0.717) is 18.1 Å². The molecule has 94 valence electrons. The second kappa shape index (κ2) is 4.38. The van der Waals surface area contributed by atoms with Crippen LogP contribution < -0.4 is 5.73 Å². The second-order valence-electron chi connectivity index (χ2n) is 5.25. The van der Waals surface area contributed by atoms with Crippen molar-refractivity contribution in [3.8, 4) is 0 Å². The Morgan fingerprint density at radius 3 is 2.65 bits per heavy atom. The molecule has 5 heteroatoms. The van der Waals surface area contributed by atoms with Crippen LogP contribution in [-0.2, 0) is 13.0 Å². The Bertz CT molecular complexity index is 378. The van der Waals surface area contributed by atoms with E-state index in [0.717, 1.165) is 37.5 Å². The highest BCUT2D eigenvalue weighted by Crippen LogP contribution is 2.35. The maximum atomic E-state index is 6.06. The molecule has 2 N–H and O–H groups in total. The minimum absolute atomic E-state index is 0.389. The maximum absolute atomic E-state index is 6.06. The van der Waals surface area contributed by atoms with Crippen LogP contribution in [-0.4, -0.2) is 33.2 Å². The van der Waals surface area contributed by atoms with E-state index in [1.54, 1.807) is 0 Å². The van der Waals surface area contributed by atoms with Gasteiger partial charge in [-0.1, -0.05) is 12.1 Å². The molecule has 2 aliphatic heterocycles. The minimum Gasteiger partial charge on any atom is -0.339 e. The molecule has 0 aromatic carbocycles. The number of hydrogen-bond acceptors (Lipinski definition) is 5. The van der Waals surface area contributed by atoms with Crippen molar-refractivity contribution in [2.75, 3.05) is 0 Å². The van der Waals surface area contributed by atoms with Crippen LogP contribution >= 0.6 is 0 Å². The lowest BCUT2D eigenvalue weighted by Gasteiger charge is -2.36. The van der Waals surface area contributed by atoms with Crippen molar-refractivity contribution in [2.24, 2.45) is 5.73 Å². The fourth-order valence-electron chi connectivity index (χ4n) is 3.24. The van der Waals surface area contributed by atoms with E-state index in [4.69, 9.17) is 10.3 Å². The summed E-state index contributed by atoms with van der Waals surface area (Å²) < 4.78 is 5.15. The number of piperidine rings is 1. The average molecular weight is 236 g/mol. The first-order chi connectivity index (χ1) is 8.26. The fourth-order valence-corrected chi connectivity index (χ4v) is 3.24. The highest BCUT2D eigenvalue weighted by atomic mass is 16.5. The summed E-state index contributed by atoms with van der Waals surface area (Å²) in [5.41, 5.74) is 6.06. The van der Waals surface area contributed by atoms with Gasteiger partial charge in [0.15, 0.2) is 5.82 Å². The monoisotopic (exact) mass is 236 g/mol. The van der Waals surface area contributed by atoms with Gasteiger partial charge in [0.25, 0.3) is 0 Å². The van der Waals surface area contributed by atoms with Crippen molar-refractivity contribution in [3.63, 3.8) is 0 Å². The molecule has 0 spiro atoms. The zero-order chi connectivity index (χ0) is 11.8. The van der Waals surface area contributed by atoms with Gasteiger partial charge in [-0.25, -0.2) is 0 Å². The lowest BCUT2D eigenvalue weighted by Crippen LogP contribution is -2.46. The molecule has 5 nitrogen and oxygen atoms in total. The summed E-state index contributed by atoms with van der Waals surface area (Å²) in [6.07, 6.45) is 5.60. The van der Waals surface area contributed by atoms with Crippen molar-refractivity contribution in [2.45, 2.75) is 63.7 Å². The first-order valence-corrected chi connectivity index (χ1v) is 6.59. The molecule has 2 aliphatic rings. The summed E-state index contributed by atoms with van der Waals surface area (Å²) in [7, 11) is 0. The van der Waals surface area contributed by atoms with Crippen molar-refractivity contribution in [1.82, 2.24) is 15.0 Å². The second-order valence-corrected chi connectivity index (χ2v) is 5.25. The van der Waals surface area contributed by atoms with E-state index < -0.39 is 0 Å². The van der Waals surface area contributed by atoms with Gasteiger partial charge in [-0.3, -0.25) is 4.90 Å². The molecule has 2 saturated heterocycles. The van der Waals surface area contributed by atoms with Gasteiger partial charge in [-0.15, -0.1) is 0 Å². The van der Waals surface area contributed by atoms with Gasteiger partial charge in [0.1, 0.15) is 0 Å². The predicted octanol–water partition coefficient (Wildman–Crippen LogP) is 1.09. The zero-order valence-corrected chi connectivity index (χ0v) is 10.3. The van der Waals surface area contributed by atoms with E-state index in [9.17, 15) is 0 Å². The van der Waals surface area contributed by atoms with Gasteiger partial charge < -0.3 is 10.3 Å². The molecule has 0 aliphatic carbocycles. The van der Waals surface area contributed by atoms with Gasteiger partial charge in [-0.05, 0) is 25.7 Å². The van der Waals surface area contributed by atoms with Crippen LogP contribution in [0, 0.1) is 0 Å². The molecule has 17 heavy (non-hydrogen) atoms. The third kappa shape index (κ3) is 2.09. The summed E-state index contributed by atoms with van der Waals surface area (Å²) in [5.74, 6) is 1.57. The lowest BCUT2D eigenvalue weighted by molar-refractivity contribution is 0.115. The summed E-state index contributed by atoms with van der Waals surface area (Å²) in [6.45, 7) is 2.85. The Morgan fingerprint density at radius 1 is 1.35 bits per heavy atom. The SMILES string of the molecule is CCc1nc(CN2C3CCC2CC(N)C3)no1. The molecular weight excluding hydrogens is 216 g/mol. The number of aromatic nitrogens is 2. The van der Waals surface area contributed by atoms with Crippen molar-refractivity contribution >= 4 is 0 Å². The third-order valence-electron chi connectivity index (χ3n) is 4.06. The van der Waals surface area contributed by atoms with Crippen LogP contribution in [0.15, 0.2) is 4.52 Å². The number of hydrogen-bond donors (Lipinski definition) is 1. The van der Waals surface area contributed by atoms with Crippen LogP contribution in [0.1, 0.15) is 44.3 Å². The van der Waals surface area contributed by atoms with E-state index >= 15 is 0 Å². The Balaban J connectivity index is 1.69. The van der Waals surface area contributed by atoms with E-state index in [1.165, 1.54) is 12.8 Å². The molecule has 3 heterocycles. The van der Waals surface area contributed by atoms with Crippen molar-refractivity contribution < 1.29 is 4.52 Å². The molecule has 0 radical (unpaired) electrons. The molecule has 1 aromatic rings. The third-order valence-corrected chi connectivity index (χ3v) is 4.06. The highest BCUT2D eigenvalue weighted by Gasteiger charge is 2.39. The Kier molecular flexibility index (Phi) is 2.88. The topological polar surface area (TPSA) is 68.2 Å². The highest BCUT2D eigenvalue weighted by molar-refractivity contribution is 4.99. The molecule has 1 aromatic heterocycles. The zero-order valence-electron chi connectivity index (χ0n) is 10.3. The van der Waals surface area contributed by atoms with Gasteiger partial charge in [0.05, 0.1) is 6.54 Å². The van der Waals surface area contributed by atoms with Gasteiger partial charge in [0, 0.05) is 24.5 Å². The predicted molar refractivity (Wildman–Crippen MR) is 63.2 cm³/mol. The summed E-state index contributed by atoms with van der Waals surface area (Å²) >= 11 is 0.